The number of hydrogen-bond acceptors (Lipinski definition) is 4. The molecule has 0 atom stereocenters. The topological polar surface area (TPSA) is 90.4 Å². The van der Waals surface area contributed by atoms with E-state index >= 15 is 0 Å². The number of phenols is 1. The molecule has 20 heavy (non-hydrogen) atoms. The van der Waals surface area contributed by atoms with E-state index in [2.05, 4.69) is 36.7 Å². The van der Waals surface area contributed by atoms with Crippen molar-refractivity contribution in [3.05, 3.63) is 45.2 Å². The zero-order chi connectivity index (χ0) is 14.7. The fourth-order valence-corrected chi connectivity index (χ4v) is 2.20. The van der Waals surface area contributed by atoms with Gasteiger partial charge in [-0.15, -0.1) is 0 Å². The van der Waals surface area contributed by atoms with E-state index in [1.54, 1.807) is 32.0 Å². The predicted molar refractivity (Wildman–Crippen MR) is 78.9 cm³/mol. The molecule has 2 aromatic rings. The van der Waals surface area contributed by atoms with Gasteiger partial charge >= 0.3 is 0 Å². The molecule has 7 heteroatoms. The van der Waals surface area contributed by atoms with Crippen molar-refractivity contribution in [1.82, 2.24) is 15.6 Å². The lowest BCUT2D eigenvalue weighted by Crippen LogP contribution is -2.18. The Labute approximate surface area is 124 Å². The minimum absolute atomic E-state index is 0.127. The van der Waals surface area contributed by atoms with E-state index < -0.39 is 5.91 Å². The number of nitrogens with one attached hydrogen (secondary N) is 2. The van der Waals surface area contributed by atoms with Gasteiger partial charge in [0.05, 0.1) is 6.21 Å². The van der Waals surface area contributed by atoms with Crippen LogP contribution in [0.15, 0.2) is 27.8 Å². The maximum Gasteiger partial charge on any atom is 0.291 e. The van der Waals surface area contributed by atoms with E-state index in [0.717, 1.165) is 15.7 Å². The van der Waals surface area contributed by atoms with Gasteiger partial charge in [-0.1, -0.05) is 15.9 Å². The van der Waals surface area contributed by atoms with Gasteiger partial charge in [-0.2, -0.15) is 10.2 Å². The lowest BCUT2D eigenvalue weighted by molar-refractivity contribution is 0.0950. The molecule has 1 aromatic carbocycles. The molecule has 0 fully saturated rings. The first-order valence-corrected chi connectivity index (χ1v) is 6.61. The summed E-state index contributed by atoms with van der Waals surface area (Å²) in [4.78, 5) is 11.7. The van der Waals surface area contributed by atoms with Gasteiger partial charge in [0.2, 0.25) is 0 Å². The van der Waals surface area contributed by atoms with Crippen LogP contribution in [-0.2, 0) is 0 Å². The first kappa shape index (κ1) is 14.3. The summed E-state index contributed by atoms with van der Waals surface area (Å²) >= 11 is 3.33. The number of nitrogens with zero attached hydrogens (tertiary/aromatic N) is 2. The number of aromatic nitrogens is 2. The van der Waals surface area contributed by atoms with Crippen LogP contribution < -0.4 is 5.43 Å². The van der Waals surface area contributed by atoms with Crippen molar-refractivity contribution in [3.63, 3.8) is 0 Å². The van der Waals surface area contributed by atoms with Crippen molar-refractivity contribution in [3.8, 4) is 5.75 Å². The molecular weight excluding hydrogens is 324 g/mol. The monoisotopic (exact) mass is 336 g/mol. The highest BCUT2D eigenvalue weighted by molar-refractivity contribution is 9.10. The maximum absolute atomic E-state index is 11.7. The fraction of sp³-hybridized carbons (Fsp3) is 0.154. The van der Waals surface area contributed by atoms with Crippen molar-refractivity contribution in [2.24, 2.45) is 5.10 Å². The summed E-state index contributed by atoms with van der Waals surface area (Å²) < 4.78 is 0.823. The molecule has 1 aromatic heterocycles. The van der Waals surface area contributed by atoms with Crippen molar-refractivity contribution in [2.75, 3.05) is 0 Å². The number of rotatable bonds is 3. The Balaban J connectivity index is 2.09. The molecule has 3 N–H and O–H groups in total. The Bertz CT molecular complexity index is 679. The molecule has 104 valence electrons. The number of H-pyrrole nitrogens is 1. The number of phenolic OH excluding ortho intramolecular Hbond substituents is 1. The molecule has 0 saturated carbocycles. The molecule has 0 spiro atoms. The lowest BCUT2D eigenvalue weighted by atomic mass is 10.1. The van der Waals surface area contributed by atoms with Gasteiger partial charge in [-0.3, -0.25) is 9.89 Å². The number of aromatic hydroxyl groups is 1. The number of carbonyl (C=O) groups is 1. The average molecular weight is 337 g/mol. The first-order valence-electron chi connectivity index (χ1n) is 5.82. The van der Waals surface area contributed by atoms with E-state index in [1.165, 1.54) is 6.21 Å². The molecule has 0 aliphatic rings. The van der Waals surface area contributed by atoms with Gasteiger partial charge in [-0.25, -0.2) is 5.43 Å². The third-order valence-corrected chi connectivity index (χ3v) is 3.06. The van der Waals surface area contributed by atoms with Gasteiger partial charge in [0, 0.05) is 15.7 Å². The van der Waals surface area contributed by atoms with Crippen LogP contribution in [0.3, 0.4) is 0 Å². The van der Waals surface area contributed by atoms with E-state index in [-0.39, 0.29) is 11.4 Å². The van der Waals surface area contributed by atoms with Crippen LogP contribution in [0, 0.1) is 13.8 Å². The zero-order valence-electron chi connectivity index (χ0n) is 10.9. The molecule has 0 unspecified atom stereocenters. The predicted octanol–water partition coefficient (Wildman–Crippen LogP) is 2.26. The largest absolute Gasteiger partial charge is 0.507 e. The summed E-state index contributed by atoms with van der Waals surface area (Å²) in [5.41, 5.74) is 4.63. The number of hydrogen-bond donors (Lipinski definition) is 3. The zero-order valence-corrected chi connectivity index (χ0v) is 12.5. The standard InChI is InChI=1S/C13H13BrN4O2/c1-7-3-10(14)5-9(12(7)19)6-15-18-13(20)11-4-8(2)16-17-11/h3-6,19H,1-2H3,(H,16,17)(H,18,20)/b15-6+. The molecular formula is C13H13BrN4O2. The Morgan fingerprint density at radius 3 is 2.85 bits per heavy atom. The summed E-state index contributed by atoms with van der Waals surface area (Å²) in [6.07, 6.45) is 1.38. The van der Waals surface area contributed by atoms with Gasteiger partial charge in [-0.05, 0) is 37.6 Å². The van der Waals surface area contributed by atoms with Crippen LogP contribution in [0.2, 0.25) is 0 Å². The second-order valence-electron chi connectivity index (χ2n) is 4.30. The van der Waals surface area contributed by atoms with E-state index in [0.29, 0.717) is 5.56 Å². The highest BCUT2D eigenvalue weighted by Gasteiger charge is 2.08. The number of aryl methyl sites for hydroxylation is 2. The Morgan fingerprint density at radius 2 is 2.20 bits per heavy atom. The molecule has 0 saturated heterocycles. The third kappa shape index (κ3) is 3.24. The minimum Gasteiger partial charge on any atom is -0.507 e. The van der Waals surface area contributed by atoms with Gasteiger partial charge in [0.15, 0.2) is 5.69 Å². The summed E-state index contributed by atoms with van der Waals surface area (Å²) in [6.45, 7) is 3.58. The SMILES string of the molecule is Cc1cc(C(=O)N/N=C/c2cc(Br)cc(C)c2O)n[nH]1. The van der Waals surface area contributed by atoms with Crippen molar-refractivity contribution >= 4 is 28.1 Å². The van der Waals surface area contributed by atoms with E-state index in [4.69, 9.17) is 0 Å². The molecule has 6 nitrogen and oxygen atoms in total. The van der Waals surface area contributed by atoms with Gasteiger partial charge < -0.3 is 5.11 Å². The van der Waals surface area contributed by atoms with Crippen LogP contribution in [0.1, 0.15) is 27.3 Å². The van der Waals surface area contributed by atoms with Crippen LogP contribution in [0.5, 0.6) is 5.75 Å². The Hall–Kier alpha value is -2.15. The fourth-order valence-electron chi connectivity index (χ4n) is 1.61. The Kier molecular flexibility index (Phi) is 4.19. The molecule has 1 heterocycles. The number of amides is 1. The molecule has 2 rings (SSSR count). The molecule has 0 aliphatic carbocycles. The van der Waals surface area contributed by atoms with E-state index in [9.17, 15) is 9.90 Å². The third-order valence-electron chi connectivity index (χ3n) is 2.60. The average Bonchev–Trinajstić information content (AvgIpc) is 2.81. The smallest absolute Gasteiger partial charge is 0.291 e. The molecule has 0 radical (unpaired) electrons. The molecule has 0 bridgehead atoms. The second-order valence-corrected chi connectivity index (χ2v) is 5.21. The summed E-state index contributed by atoms with van der Waals surface area (Å²) in [6, 6.07) is 5.11. The minimum atomic E-state index is -0.420. The normalized spacial score (nSPS) is 10.9. The molecule has 1 amide bonds. The number of aromatic amines is 1. The van der Waals surface area contributed by atoms with Crippen LogP contribution in [0.4, 0.5) is 0 Å². The van der Waals surface area contributed by atoms with Crippen LogP contribution >= 0.6 is 15.9 Å². The highest BCUT2D eigenvalue weighted by atomic mass is 79.9. The van der Waals surface area contributed by atoms with Crippen molar-refractivity contribution in [1.29, 1.82) is 0 Å². The van der Waals surface area contributed by atoms with Crippen LogP contribution in [0.25, 0.3) is 0 Å². The number of carbonyl (C=O) groups excluding carboxylic acids is 1. The van der Waals surface area contributed by atoms with Gasteiger partial charge in [0.1, 0.15) is 5.75 Å². The quantitative estimate of drug-likeness (QED) is 0.593. The number of halogens is 1. The van der Waals surface area contributed by atoms with Crippen LogP contribution in [-0.4, -0.2) is 27.4 Å². The number of hydrazone groups is 1. The molecule has 0 aliphatic heterocycles. The summed E-state index contributed by atoms with van der Waals surface area (Å²) in [5, 5.41) is 20.2. The van der Waals surface area contributed by atoms with Crippen molar-refractivity contribution in [2.45, 2.75) is 13.8 Å². The lowest BCUT2D eigenvalue weighted by Gasteiger charge is -2.03. The maximum atomic E-state index is 11.7. The first-order chi connectivity index (χ1) is 9.47. The van der Waals surface area contributed by atoms with Gasteiger partial charge in [0.25, 0.3) is 5.91 Å². The summed E-state index contributed by atoms with van der Waals surface area (Å²) in [5.74, 6) is -0.293. The van der Waals surface area contributed by atoms with E-state index in [1.807, 2.05) is 0 Å². The van der Waals surface area contributed by atoms with Crippen molar-refractivity contribution < 1.29 is 9.90 Å². The highest BCUT2D eigenvalue weighted by Crippen LogP contribution is 2.25. The second kappa shape index (κ2) is 5.87. The number of benzene rings is 1. The Morgan fingerprint density at radius 1 is 1.45 bits per heavy atom. The summed E-state index contributed by atoms with van der Waals surface area (Å²) in [7, 11) is 0.